The normalized spacial score (nSPS) is 14.8. The van der Waals surface area contributed by atoms with E-state index in [0.717, 1.165) is 41.4 Å². The molecule has 0 radical (unpaired) electrons. The van der Waals surface area contributed by atoms with Crippen molar-refractivity contribution in [1.29, 1.82) is 0 Å². The minimum Gasteiger partial charge on any atom is -0.346 e. The van der Waals surface area contributed by atoms with E-state index in [9.17, 15) is 13.2 Å². The van der Waals surface area contributed by atoms with E-state index in [1.807, 2.05) is 12.1 Å². The Kier molecular flexibility index (Phi) is 4.45. The van der Waals surface area contributed by atoms with Crippen LogP contribution in [-0.2, 0) is 27.7 Å². The molecule has 4 rings (SSSR count). The van der Waals surface area contributed by atoms with Gasteiger partial charge in [-0.25, -0.2) is 18.5 Å². The Balaban J connectivity index is 1.70. The highest BCUT2D eigenvalue weighted by Gasteiger charge is 2.24. The first-order valence-corrected chi connectivity index (χ1v) is 10.4. The lowest BCUT2D eigenvalue weighted by Gasteiger charge is -2.23. The molecule has 1 aliphatic heterocycles. The molecule has 0 bridgehead atoms. The number of nitrogens with zero attached hydrogens (tertiary/aromatic N) is 2. The Bertz CT molecular complexity index is 1120. The van der Waals surface area contributed by atoms with E-state index in [1.165, 1.54) is 12.1 Å². The maximum atomic E-state index is 13.1. The van der Waals surface area contributed by atoms with Gasteiger partial charge in [0.2, 0.25) is 15.9 Å². The average molecular weight is 384 g/mol. The highest BCUT2D eigenvalue weighted by molar-refractivity contribution is 7.89. The lowest BCUT2D eigenvalue weighted by molar-refractivity contribution is -0.118. The van der Waals surface area contributed by atoms with Gasteiger partial charge in [-0.3, -0.25) is 4.79 Å². The number of pyridine rings is 1. The van der Waals surface area contributed by atoms with Gasteiger partial charge in [0.05, 0.1) is 11.3 Å². The zero-order valence-electron chi connectivity index (χ0n) is 14.7. The molecule has 1 aliphatic rings. The number of fused-ring (bicyclic) bond motifs is 2. The minimum atomic E-state index is -3.83. The largest absolute Gasteiger partial charge is 0.346 e. The second-order valence-electron chi connectivity index (χ2n) is 6.73. The van der Waals surface area contributed by atoms with Crippen molar-refractivity contribution >= 4 is 32.7 Å². The Morgan fingerprint density at radius 2 is 2.11 bits per heavy atom. The molecule has 0 aliphatic carbocycles. The summed E-state index contributed by atoms with van der Waals surface area (Å²) >= 11 is 0. The Labute approximate surface area is 157 Å². The summed E-state index contributed by atoms with van der Waals surface area (Å²) in [4.78, 5) is 22.1. The summed E-state index contributed by atoms with van der Waals surface area (Å²) in [6.45, 7) is 0.556. The third kappa shape index (κ3) is 3.45. The Morgan fingerprint density at radius 1 is 1.26 bits per heavy atom. The summed E-state index contributed by atoms with van der Waals surface area (Å²) < 4.78 is 23.5. The molecule has 27 heavy (non-hydrogen) atoms. The SMILES string of the molecule is NS(=O)(=O)c1ccc2c(c1)N(C(=O)Cc1c[nH]c3ncccc13)CCCC2. The van der Waals surface area contributed by atoms with Gasteiger partial charge < -0.3 is 9.88 Å². The Morgan fingerprint density at radius 3 is 2.93 bits per heavy atom. The number of benzene rings is 1. The average Bonchev–Trinajstić information content (AvgIpc) is 2.91. The van der Waals surface area contributed by atoms with E-state index in [4.69, 9.17) is 5.14 Å². The topological polar surface area (TPSA) is 109 Å². The van der Waals surface area contributed by atoms with E-state index in [-0.39, 0.29) is 17.2 Å². The number of aromatic nitrogens is 2. The van der Waals surface area contributed by atoms with Crippen LogP contribution in [0.5, 0.6) is 0 Å². The number of anilines is 1. The number of nitrogens with one attached hydrogen (secondary N) is 1. The molecule has 0 unspecified atom stereocenters. The lowest BCUT2D eigenvalue weighted by atomic mass is 10.1. The van der Waals surface area contributed by atoms with Crippen LogP contribution >= 0.6 is 0 Å². The highest BCUT2D eigenvalue weighted by atomic mass is 32.2. The third-order valence-corrected chi connectivity index (χ3v) is 5.84. The smallest absolute Gasteiger partial charge is 0.238 e. The summed E-state index contributed by atoms with van der Waals surface area (Å²) in [7, 11) is -3.83. The monoisotopic (exact) mass is 384 g/mol. The van der Waals surface area contributed by atoms with Crippen LogP contribution in [0.1, 0.15) is 24.0 Å². The summed E-state index contributed by atoms with van der Waals surface area (Å²) in [5.41, 5.74) is 3.22. The fourth-order valence-corrected chi connectivity index (χ4v) is 4.10. The van der Waals surface area contributed by atoms with Gasteiger partial charge >= 0.3 is 0 Å². The molecule has 0 saturated heterocycles. The van der Waals surface area contributed by atoms with Gasteiger partial charge in [-0.2, -0.15) is 0 Å². The second kappa shape index (κ2) is 6.79. The number of sulfonamides is 1. The van der Waals surface area contributed by atoms with E-state index in [1.54, 1.807) is 23.4 Å². The van der Waals surface area contributed by atoms with Gasteiger partial charge in [0.1, 0.15) is 5.65 Å². The van der Waals surface area contributed by atoms with Crippen molar-refractivity contribution in [3.63, 3.8) is 0 Å². The fourth-order valence-electron chi connectivity index (χ4n) is 3.57. The molecule has 140 valence electrons. The van der Waals surface area contributed by atoms with Gasteiger partial charge in [-0.15, -0.1) is 0 Å². The number of primary sulfonamides is 1. The molecule has 8 heteroatoms. The van der Waals surface area contributed by atoms with Crippen LogP contribution in [0, 0.1) is 0 Å². The van der Waals surface area contributed by atoms with E-state index in [0.29, 0.717) is 12.2 Å². The van der Waals surface area contributed by atoms with Crippen molar-refractivity contribution in [3.8, 4) is 0 Å². The molecule has 3 heterocycles. The maximum Gasteiger partial charge on any atom is 0.238 e. The van der Waals surface area contributed by atoms with Gasteiger partial charge in [-0.1, -0.05) is 6.07 Å². The number of hydrogen-bond donors (Lipinski definition) is 2. The molecule has 0 spiro atoms. The molecule has 3 N–H and O–H groups in total. The molecule has 1 aromatic carbocycles. The number of H-pyrrole nitrogens is 1. The van der Waals surface area contributed by atoms with Crippen LogP contribution in [0.4, 0.5) is 5.69 Å². The highest BCUT2D eigenvalue weighted by Crippen LogP contribution is 2.30. The number of carbonyl (C=O) groups is 1. The molecular weight excluding hydrogens is 364 g/mol. The Hall–Kier alpha value is -2.71. The predicted octanol–water partition coefficient (Wildman–Crippen LogP) is 2.12. The summed E-state index contributed by atoms with van der Waals surface area (Å²) in [6, 6.07) is 8.55. The van der Waals surface area contributed by atoms with Crippen LogP contribution in [0.2, 0.25) is 0 Å². The molecule has 0 saturated carbocycles. The summed E-state index contributed by atoms with van der Waals surface area (Å²) in [5.74, 6) is -0.0746. The van der Waals surface area contributed by atoms with Gasteiger partial charge in [0, 0.05) is 30.0 Å². The van der Waals surface area contributed by atoms with Crippen molar-refractivity contribution < 1.29 is 13.2 Å². The van der Waals surface area contributed by atoms with E-state index < -0.39 is 10.0 Å². The van der Waals surface area contributed by atoms with E-state index in [2.05, 4.69) is 9.97 Å². The molecule has 3 aromatic rings. The lowest BCUT2D eigenvalue weighted by Crippen LogP contribution is -2.33. The van der Waals surface area contributed by atoms with Gasteiger partial charge in [-0.05, 0) is 54.7 Å². The van der Waals surface area contributed by atoms with Crippen LogP contribution in [0.15, 0.2) is 47.6 Å². The fraction of sp³-hybridized carbons (Fsp3) is 0.263. The molecule has 7 nitrogen and oxygen atoms in total. The summed E-state index contributed by atoms with van der Waals surface area (Å²) in [5, 5.41) is 6.20. The number of rotatable bonds is 3. The molecular formula is C19H20N4O3S. The number of nitrogens with two attached hydrogens (primary N) is 1. The van der Waals surface area contributed by atoms with Gasteiger partial charge in [0.15, 0.2) is 0 Å². The quantitative estimate of drug-likeness (QED) is 0.721. The molecule has 0 fully saturated rings. The van der Waals surface area contributed by atoms with Crippen molar-refractivity contribution in [3.05, 3.63) is 53.9 Å². The zero-order valence-corrected chi connectivity index (χ0v) is 15.5. The van der Waals surface area contributed by atoms with Crippen LogP contribution in [0.3, 0.4) is 0 Å². The van der Waals surface area contributed by atoms with Crippen molar-refractivity contribution in [2.24, 2.45) is 5.14 Å². The number of carbonyl (C=O) groups excluding carboxylic acids is 1. The van der Waals surface area contributed by atoms with Crippen molar-refractivity contribution in [2.45, 2.75) is 30.6 Å². The van der Waals surface area contributed by atoms with Crippen LogP contribution in [0.25, 0.3) is 11.0 Å². The number of aryl methyl sites for hydroxylation is 1. The molecule has 2 aromatic heterocycles. The predicted molar refractivity (Wildman–Crippen MR) is 103 cm³/mol. The molecule has 1 amide bonds. The second-order valence-corrected chi connectivity index (χ2v) is 8.29. The van der Waals surface area contributed by atoms with Crippen molar-refractivity contribution in [2.75, 3.05) is 11.4 Å². The van der Waals surface area contributed by atoms with E-state index >= 15 is 0 Å². The first-order valence-electron chi connectivity index (χ1n) is 8.80. The minimum absolute atomic E-state index is 0.0252. The summed E-state index contributed by atoms with van der Waals surface area (Å²) in [6.07, 6.45) is 6.33. The first kappa shape index (κ1) is 17.7. The van der Waals surface area contributed by atoms with Crippen molar-refractivity contribution in [1.82, 2.24) is 9.97 Å². The zero-order chi connectivity index (χ0) is 19.0. The standard InChI is InChI=1S/C19H20N4O3S/c20-27(25,26)15-7-6-13-4-1-2-9-23(17(13)11-15)18(24)10-14-12-22-19-16(14)5-3-8-21-19/h3,5-8,11-12H,1-2,4,9-10H2,(H,21,22)(H2,20,25,26). The third-order valence-electron chi connectivity index (χ3n) is 4.93. The van der Waals surface area contributed by atoms with Crippen LogP contribution < -0.4 is 10.0 Å². The number of hydrogen-bond acceptors (Lipinski definition) is 4. The van der Waals surface area contributed by atoms with Crippen LogP contribution in [-0.4, -0.2) is 30.8 Å². The maximum absolute atomic E-state index is 13.1. The van der Waals surface area contributed by atoms with Gasteiger partial charge in [0.25, 0.3) is 0 Å². The number of aromatic amines is 1. The molecule has 0 atom stereocenters. The number of amides is 1. The first-order chi connectivity index (χ1) is 12.9.